The SMILES string of the molecule is NC(CC(=O)N(Cc1ccco1)Cc1cccs1)C1CC1. The minimum Gasteiger partial charge on any atom is -0.467 e. The summed E-state index contributed by atoms with van der Waals surface area (Å²) in [4.78, 5) is 15.6. The molecule has 5 heteroatoms. The number of amides is 1. The average molecular weight is 304 g/mol. The molecule has 1 amide bonds. The van der Waals surface area contributed by atoms with Crippen molar-refractivity contribution in [2.45, 2.75) is 38.4 Å². The molecular formula is C16H20N2O2S. The van der Waals surface area contributed by atoms with E-state index >= 15 is 0 Å². The van der Waals surface area contributed by atoms with Gasteiger partial charge in [0, 0.05) is 17.3 Å². The van der Waals surface area contributed by atoms with Crippen LogP contribution in [-0.2, 0) is 17.9 Å². The van der Waals surface area contributed by atoms with E-state index in [1.807, 2.05) is 34.5 Å². The van der Waals surface area contributed by atoms with Gasteiger partial charge in [0.15, 0.2) is 0 Å². The van der Waals surface area contributed by atoms with Gasteiger partial charge in [-0.1, -0.05) is 6.07 Å². The van der Waals surface area contributed by atoms with E-state index in [2.05, 4.69) is 0 Å². The second-order valence-electron chi connectivity index (χ2n) is 5.61. The van der Waals surface area contributed by atoms with Crippen LogP contribution in [0.4, 0.5) is 0 Å². The molecule has 1 saturated carbocycles. The molecule has 0 spiro atoms. The van der Waals surface area contributed by atoms with Crippen LogP contribution < -0.4 is 5.73 Å². The quantitative estimate of drug-likeness (QED) is 0.855. The summed E-state index contributed by atoms with van der Waals surface area (Å²) in [5.41, 5.74) is 6.10. The second kappa shape index (κ2) is 6.45. The topological polar surface area (TPSA) is 59.5 Å². The Morgan fingerprint density at radius 2 is 2.24 bits per heavy atom. The zero-order valence-electron chi connectivity index (χ0n) is 11.9. The Labute approximate surface area is 128 Å². The molecule has 0 radical (unpaired) electrons. The van der Waals surface area contributed by atoms with Crippen molar-refractivity contribution in [3.63, 3.8) is 0 Å². The number of rotatable bonds is 7. The van der Waals surface area contributed by atoms with Gasteiger partial charge in [-0.15, -0.1) is 11.3 Å². The number of carbonyl (C=O) groups is 1. The largest absolute Gasteiger partial charge is 0.467 e. The number of thiophene rings is 1. The minimum absolute atomic E-state index is 0.0000586. The van der Waals surface area contributed by atoms with Crippen LogP contribution in [0.5, 0.6) is 0 Å². The summed E-state index contributed by atoms with van der Waals surface area (Å²) in [6.07, 6.45) is 4.39. The molecular weight excluding hydrogens is 284 g/mol. The van der Waals surface area contributed by atoms with Crippen molar-refractivity contribution in [2.75, 3.05) is 0 Å². The standard InChI is InChI=1S/C16H20N2O2S/c17-15(12-5-6-12)9-16(19)18(10-13-3-1-7-20-13)11-14-4-2-8-21-14/h1-4,7-8,12,15H,5-6,9-11,17H2. The van der Waals surface area contributed by atoms with Crippen molar-refractivity contribution in [1.29, 1.82) is 0 Å². The third-order valence-electron chi connectivity index (χ3n) is 3.84. The first-order chi connectivity index (χ1) is 10.2. The van der Waals surface area contributed by atoms with Gasteiger partial charge in [-0.2, -0.15) is 0 Å². The van der Waals surface area contributed by atoms with E-state index in [0.29, 0.717) is 25.4 Å². The summed E-state index contributed by atoms with van der Waals surface area (Å²) >= 11 is 1.66. The molecule has 2 N–H and O–H groups in total. The summed E-state index contributed by atoms with van der Waals surface area (Å²) in [5, 5.41) is 2.03. The molecule has 1 atom stereocenters. The molecule has 112 valence electrons. The van der Waals surface area contributed by atoms with Crippen LogP contribution in [-0.4, -0.2) is 16.8 Å². The first-order valence-electron chi connectivity index (χ1n) is 7.30. The van der Waals surface area contributed by atoms with Gasteiger partial charge in [-0.25, -0.2) is 0 Å². The molecule has 1 aliphatic carbocycles. The molecule has 2 heterocycles. The van der Waals surface area contributed by atoms with Crippen molar-refractivity contribution in [1.82, 2.24) is 4.90 Å². The zero-order chi connectivity index (χ0) is 14.7. The van der Waals surface area contributed by atoms with E-state index in [1.165, 1.54) is 4.88 Å². The maximum Gasteiger partial charge on any atom is 0.224 e. The van der Waals surface area contributed by atoms with Gasteiger partial charge in [-0.05, 0) is 42.3 Å². The Morgan fingerprint density at radius 1 is 1.38 bits per heavy atom. The molecule has 3 rings (SSSR count). The van der Waals surface area contributed by atoms with Crippen LogP contribution in [0.25, 0.3) is 0 Å². The fraction of sp³-hybridized carbons (Fsp3) is 0.438. The van der Waals surface area contributed by atoms with Crippen molar-refractivity contribution in [3.8, 4) is 0 Å². The molecule has 2 aromatic rings. The van der Waals surface area contributed by atoms with E-state index in [9.17, 15) is 4.79 Å². The highest BCUT2D eigenvalue weighted by atomic mass is 32.1. The first kappa shape index (κ1) is 14.4. The molecule has 0 saturated heterocycles. The molecule has 0 aliphatic heterocycles. The Hall–Kier alpha value is -1.59. The molecule has 1 unspecified atom stereocenters. The number of nitrogens with zero attached hydrogens (tertiary/aromatic N) is 1. The van der Waals surface area contributed by atoms with Crippen molar-refractivity contribution < 1.29 is 9.21 Å². The third-order valence-corrected chi connectivity index (χ3v) is 4.71. The van der Waals surface area contributed by atoms with E-state index in [-0.39, 0.29) is 11.9 Å². The Kier molecular flexibility index (Phi) is 4.41. The lowest BCUT2D eigenvalue weighted by atomic mass is 10.1. The first-order valence-corrected chi connectivity index (χ1v) is 8.18. The highest BCUT2D eigenvalue weighted by molar-refractivity contribution is 7.09. The van der Waals surface area contributed by atoms with E-state index in [1.54, 1.807) is 17.6 Å². The van der Waals surface area contributed by atoms with Gasteiger partial charge in [0.25, 0.3) is 0 Å². The van der Waals surface area contributed by atoms with Crippen LogP contribution in [0.1, 0.15) is 29.9 Å². The van der Waals surface area contributed by atoms with E-state index in [4.69, 9.17) is 10.2 Å². The summed E-state index contributed by atoms with van der Waals surface area (Å²) in [5.74, 6) is 1.46. The number of carbonyl (C=O) groups excluding carboxylic acids is 1. The monoisotopic (exact) mass is 304 g/mol. The molecule has 2 aromatic heterocycles. The van der Waals surface area contributed by atoms with Crippen LogP contribution in [0, 0.1) is 5.92 Å². The lowest BCUT2D eigenvalue weighted by Gasteiger charge is -2.23. The van der Waals surface area contributed by atoms with Gasteiger partial charge in [0.05, 0.1) is 19.4 Å². The number of hydrogen-bond acceptors (Lipinski definition) is 4. The highest BCUT2D eigenvalue weighted by Gasteiger charge is 2.31. The lowest BCUT2D eigenvalue weighted by molar-refractivity contribution is -0.133. The number of nitrogens with two attached hydrogens (primary N) is 1. The Balaban J connectivity index is 1.66. The average Bonchev–Trinajstić information content (AvgIpc) is 2.97. The predicted molar refractivity (Wildman–Crippen MR) is 82.6 cm³/mol. The normalized spacial score (nSPS) is 15.9. The van der Waals surface area contributed by atoms with E-state index < -0.39 is 0 Å². The summed E-state index contributed by atoms with van der Waals surface area (Å²) in [7, 11) is 0. The molecule has 0 bridgehead atoms. The maximum atomic E-state index is 12.5. The van der Waals surface area contributed by atoms with Crippen LogP contribution in [0.3, 0.4) is 0 Å². The molecule has 0 aromatic carbocycles. The third kappa shape index (κ3) is 3.95. The molecule has 1 fully saturated rings. The number of hydrogen-bond donors (Lipinski definition) is 1. The van der Waals surface area contributed by atoms with Crippen LogP contribution in [0.2, 0.25) is 0 Å². The zero-order valence-corrected chi connectivity index (χ0v) is 12.7. The smallest absolute Gasteiger partial charge is 0.224 e. The summed E-state index contributed by atoms with van der Waals surface area (Å²) in [6, 6.07) is 7.80. The summed E-state index contributed by atoms with van der Waals surface area (Å²) in [6.45, 7) is 1.12. The fourth-order valence-electron chi connectivity index (χ4n) is 2.44. The Bertz CT molecular complexity index is 525. The lowest BCUT2D eigenvalue weighted by Crippen LogP contribution is -2.35. The van der Waals surface area contributed by atoms with E-state index in [0.717, 1.165) is 18.6 Å². The molecule has 4 nitrogen and oxygen atoms in total. The van der Waals surface area contributed by atoms with Crippen molar-refractivity contribution in [3.05, 3.63) is 46.5 Å². The van der Waals surface area contributed by atoms with Gasteiger partial charge >= 0.3 is 0 Å². The molecule has 21 heavy (non-hydrogen) atoms. The fourth-order valence-corrected chi connectivity index (χ4v) is 3.15. The van der Waals surface area contributed by atoms with Crippen LogP contribution >= 0.6 is 11.3 Å². The van der Waals surface area contributed by atoms with Gasteiger partial charge < -0.3 is 15.1 Å². The number of furan rings is 1. The van der Waals surface area contributed by atoms with Gasteiger partial charge in [0.1, 0.15) is 5.76 Å². The van der Waals surface area contributed by atoms with Gasteiger partial charge in [-0.3, -0.25) is 4.79 Å². The summed E-state index contributed by atoms with van der Waals surface area (Å²) < 4.78 is 5.38. The van der Waals surface area contributed by atoms with Crippen molar-refractivity contribution in [2.24, 2.45) is 11.7 Å². The predicted octanol–water partition coefficient (Wildman–Crippen LogP) is 3.00. The van der Waals surface area contributed by atoms with Gasteiger partial charge in [0.2, 0.25) is 5.91 Å². The second-order valence-corrected chi connectivity index (χ2v) is 6.65. The Morgan fingerprint density at radius 3 is 2.86 bits per heavy atom. The van der Waals surface area contributed by atoms with Crippen molar-refractivity contribution >= 4 is 17.2 Å². The van der Waals surface area contributed by atoms with Crippen LogP contribution in [0.15, 0.2) is 40.3 Å². The maximum absolute atomic E-state index is 12.5. The minimum atomic E-state index is -0.0000586. The molecule has 1 aliphatic rings. The highest BCUT2D eigenvalue weighted by Crippen LogP contribution is 2.33.